The van der Waals surface area contributed by atoms with Crippen LogP contribution in [0.3, 0.4) is 0 Å². The molecule has 3 saturated heterocycles. The van der Waals surface area contributed by atoms with Crippen molar-refractivity contribution in [1.29, 1.82) is 0 Å². The summed E-state index contributed by atoms with van der Waals surface area (Å²) in [6.07, 6.45) is 3.51. The quantitative estimate of drug-likeness (QED) is 0.179. The van der Waals surface area contributed by atoms with E-state index in [1.807, 2.05) is 13.8 Å². The predicted molar refractivity (Wildman–Crippen MR) is 146 cm³/mol. The molecule has 3 aliphatic heterocycles. The first-order chi connectivity index (χ1) is 18.6. The Hall–Kier alpha value is -3.22. The Labute approximate surface area is 235 Å². The van der Waals surface area contributed by atoms with Crippen molar-refractivity contribution in [1.82, 2.24) is 24.9 Å². The van der Waals surface area contributed by atoms with E-state index in [2.05, 4.69) is 11.9 Å². The maximum absolute atomic E-state index is 12.4. The fourth-order valence-electron chi connectivity index (χ4n) is 4.41. The average Bonchev–Trinajstić information content (AvgIpc) is 2.93. The van der Waals surface area contributed by atoms with E-state index in [-0.39, 0.29) is 12.0 Å². The van der Waals surface area contributed by atoms with E-state index in [0.717, 1.165) is 24.2 Å². The molecule has 0 aliphatic carbocycles. The lowest BCUT2D eigenvalue weighted by molar-refractivity contribution is -0.167. The van der Waals surface area contributed by atoms with Gasteiger partial charge >= 0.3 is 23.5 Å². The highest BCUT2D eigenvalue weighted by Crippen LogP contribution is 2.32. The van der Waals surface area contributed by atoms with Gasteiger partial charge in [-0.25, -0.2) is 19.3 Å². The van der Waals surface area contributed by atoms with Crippen molar-refractivity contribution in [3.05, 3.63) is 12.4 Å². The number of carboxylic acid groups (broad SMARTS) is 1. The predicted octanol–water partition coefficient (Wildman–Crippen LogP) is 2.45. The van der Waals surface area contributed by atoms with Crippen LogP contribution in [0.25, 0.3) is 0 Å². The van der Waals surface area contributed by atoms with Crippen molar-refractivity contribution in [3.63, 3.8) is 0 Å². The molecular formula is C25H43ClN6O7. The van der Waals surface area contributed by atoms with Gasteiger partial charge in [-0.3, -0.25) is 9.59 Å². The van der Waals surface area contributed by atoms with E-state index in [1.165, 1.54) is 4.90 Å². The van der Waals surface area contributed by atoms with Crippen LogP contribution in [0.5, 0.6) is 0 Å². The van der Waals surface area contributed by atoms with Gasteiger partial charge in [0, 0.05) is 45.8 Å². The first-order valence-electron chi connectivity index (χ1n) is 13.5. The summed E-state index contributed by atoms with van der Waals surface area (Å²) in [5.74, 6) is -1.83. The van der Waals surface area contributed by atoms with Crippen LogP contribution in [0.4, 0.5) is 14.4 Å². The molecule has 13 nitrogen and oxygen atoms in total. The Bertz CT molecular complexity index is 860. The number of urea groups is 1. The van der Waals surface area contributed by atoms with Crippen molar-refractivity contribution in [2.75, 3.05) is 52.4 Å². The average molecular weight is 575 g/mol. The number of β-lactam (4-membered cyclic amide) rings is 1. The zero-order valence-electron chi connectivity index (χ0n) is 23.2. The van der Waals surface area contributed by atoms with Crippen molar-refractivity contribution >= 4 is 41.0 Å². The number of nitrogens with two attached hydrogens (primary N) is 1. The summed E-state index contributed by atoms with van der Waals surface area (Å²) < 4.78 is 4.83. The molecule has 0 aromatic carbocycles. The number of hydrogen-bond acceptors (Lipinski definition) is 8. The van der Waals surface area contributed by atoms with Gasteiger partial charge in [-0.2, -0.15) is 0 Å². The van der Waals surface area contributed by atoms with E-state index in [0.29, 0.717) is 71.1 Å². The lowest BCUT2D eigenvalue weighted by atomic mass is 9.83. The van der Waals surface area contributed by atoms with Crippen LogP contribution >= 0.6 is 11.6 Å². The number of ether oxygens (including phenoxy) is 1. The second kappa shape index (κ2) is 17.4. The number of carboxylic acids is 1. The summed E-state index contributed by atoms with van der Waals surface area (Å²) in [7, 11) is 0. The summed E-state index contributed by atoms with van der Waals surface area (Å²) in [6, 6.07) is -1.52. The standard InChI is InChI=1S/C15H24N4O4.C8H13ClN2O3.C2H6/c1-10(16)17-7-5-6-11-12(14(21)22)19(13(11)20)15(23)18-8-3-2-4-9-18;1-2-14-8(13)11-5-3-10(4-6-11)7(9)12;1-2/h11-12,17H,1-9,16H2,(H,21,22);2-6H2,1H3;1-2H3/t11-,12?;;/m1../s1. The number of hydrogen-bond donors (Lipinski definition) is 3. The van der Waals surface area contributed by atoms with Crippen molar-refractivity contribution in [2.45, 2.75) is 58.9 Å². The lowest BCUT2D eigenvalue weighted by Gasteiger charge is -2.45. The number of nitrogens with zero attached hydrogens (tertiary/aromatic N) is 4. The van der Waals surface area contributed by atoms with E-state index in [4.69, 9.17) is 22.1 Å². The Kier molecular flexibility index (Phi) is 15.1. The molecule has 0 spiro atoms. The molecule has 5 amide bonds. The molecule has 0 radical (unpaired) electrons. The molecule has 0 saturated carbocycles. The van der Waals surface area contributed by atoms with Crippen LogP contribution in [0, 0.1) is 5.92 Å². The van der Waals surface area contributed by atoms with Crippen LogP contribution in [-0.4, -0.2) is 113 Å². The van der Waals surface area contributed by atoms with Gasteiger partial charge < -0.3 is 35.6 Å². The van der Waals surface area contributed by atoms with E-state index in [9.17, 15) is 29.1 Å². The molecule has 3 fully saturated rings. The maximum atomic E-state index is 12.4. The first-order valence-corrected chi connectivity index (χ1v) is 13.8. The summed E-state index contributed by atoms with van der Waals surface area (Å²) >= 11 is 5.30. The third kappa shape index (κ3) is 10.1. The van der Waals surface area contributed by atoms with Gasteiger partial charge in [0.15, 0.2) is 6.04 Å². The molecule has 0 aromatic rings. The number of rotatable bonds is 7. The highest BCUT2D eigenvalue weighted by atomic mass is 35.5. The second-order valence-corrected chi connectivity index (χ2v) is 9.27. The molecule has 2 atom stereocenters. The fourth-order valence-corrected chi connectivity index (χ4v) is 4.58. The number of imide groups is 1. The van der Waals surface area contributed by atoms with Gasteiger partial charge in [0.2, 0.25) is 5.91 Å². The molecule has 14 heteroatoms. The number of carbonyl (C=O) groups excluding carboxylic acids is 4. The number of amides is 5. The number of nitrogens with one attached hydrogen (secondary N) is 1. The fraction of sp³-hybridized carbons (Fsp3) is 0.720. The van der Waals surface area contributed by atoms with Gasteiger partial charge in [0.05, 0.1) is 18.3 Å². The number of likely N-dealkylation sites (tertiary alicyclic amines) is 2. The number of carbonyl (C=O) groups is 5. The van der Waals surface area contributed by atoms with Crippen molar-refractivity contribution in [3.8, 4) is 0 Å². The van der Waals surface area contributed by atoms with Gasteiger partial charge in [-0.05, 0) is 50.6 Å². The third-order valence-corrected chi connectivity index (χ3v) is 6.64. The zero-order chi connectivity index (χ0) is 29.5. The summed E-state index contributed by atoms with van der Waals surface area (Å²) in [5, 5.41) is 11.7. The highest BCUT2D eigenvalue weighted by Gasteiger charge is 2.55. The maximum Gasteiger partial charge on any atom is 0.409 e. The van der Waals surface area contributed by atoms with Crippen molar-refractivity contribution in [2.24, 2.45) is 11.7 Å². The minimum Gasteiger partial charge on any atom is -0.480 e. The van der Waals surface area contributed by atoms with E-state index in [1.54, 1.807) is 16.7 Å². The molecule has 0 bridgehead atoms. The van der Waals surface area contributed by atoms with Crippen LogP contribution in [0.2, 0.25) is 0 Å². The van der Waals surface area contributed by atoms with E-state index < -0.39 is 29.3 Å². The normalized spacial score (nSPS) is 20.4. The number of piperazine rings is 1. The van der Waals surface area contributed by atoms with Crippen LogP contribution in [0.1, 0.15) is 52.9 Å². The zero-order valence-corrected chi connectivity index (χ0v) is 24.0. The monoisotopic (exact) mass is 574 g/mol. The second-order valence-electron chi connectivity index (χ2n) is 8.95. The molecule has 222 valence electrons. The topological polar surface area (TPSA) is 166 Å². The molecule has 0 aromatic heterocycles. The summed E-state index contributed by atoms with van der Waals surface area (Å²) in [5.41, 5.74) is 5.38. The molecule has 3 rings (SSSR count). The molecular weight excluding hydrogens is 532 g/mol. The third-order valence-electron chi connectivity index (χ3n) is 6.40. The molecule has 39 heavy (non-hydrogen) atoms. The molecule has 4 N–H and O–H groups in total. The Morgan fingerprint density at radius 1 is 1.03 bits per heavy atom. The molecule has 3 heterocycles. The summed E-state index contributed by atoms with van der Waals surface area (Å²) in [6.45, 7) is 13.2. The molecule has 1 unspecified atom stereocenters. The highest BCUT2D eigenvalue weighted by molar-refractivity contribution is 6.62. The number of halogens is 1. The lowest BCUT2D eigenvalue weighted by Crippen LogP contribution is -2.68. The van der Waals surface area contributed by atoms with Crippen molar-refractivity contribution < 1.29 is 33.8 Å². The SMILES string of the molecule is C=C(N)NCCC[C@H]1C(=O)N(C(=O)N2CCCCC2)C1C(=O)O.CC.CCOC(=O)N1CCN(C(=O)Cl)CC1. The minimum atomic E-state index is -1.13. The largest absolute Gasteiger partial charge is 0.480 e. The number of aliphatic carboxylic acids is 1. The smallest absolute Gasteiger partial charge is 0.409 e. The van der Waals surface area contributed by atoms with Crippen LogP contribution < -0.4 is 11.1 Å². The Balaban J connectivity index is 0.000000407. The molecule has 3 aliphatic rings. The van der Waals surface area contributed by atoms with E-state index >= 15 is 0 Å². The summed E-state index contributed by atoms with van der Waals surface area (Å²) in [4.78, 5) is 63.7. The first kappa shape index (κ1) is 33.8. The minimum absolute atomic E-state index is 0.325. The Morgan fingerprint density at radius 3 is 2.08 bits per heavy atom. The van der Waals surface area contributed by atoms with Gasteiger partial charge in [-0.1, -0.05) is 20.4 Å². The number of piperidine rings is 1. The van der Waals surface area contributed by atoms with Crippen LogP contribution in [-0.2, 0) is 14.3 Å². The van der Waals surface area contributed by atoms with Gasteiger partial charge in [0.1, 0.15) is 0 Å². The Morgan fingerprint density at radius 2 is 1.59 bits per heavy atom. The van der Waals surface area contributed by atoms with Gasteiger partial charge in [-0.15, -0.1) is 0 Å². The van der Waals surface area contributed by atoms with Gasteiger partial charge in [0.25, 0.3) is 0 Å². The van der Waals surface area contributed by atoms with Crippen LogP contribution in [0.15, 0.2) is 12.4 Å².